The number of benzene rings is 1. The van der Waals surface area contributed by atoms with Gasteiger partial charge in [0.15, 0.2) is 0 Å². The second kappa shape index (κ2) is 5.41. The van der Waals surface area contributed by atoms with Crippen LogP contribution in [0.3, 0.4) is 0 Å². The molecule has 0 spiro atoms. The van der Waals surface area contributed by atoms with Gasteiger partial charge >= 0.3 is 6.01 Å². The highest BCUT2D eigenvalue weighted by atomic mass is 35.5. The molecule has 0 unspecified atom stereocenters. The average Bonchev–Trinajstić information content (AvgIpc) is 2.33. The number of halogens is 3. The van der Waals surface area contributed by atoms with E-state index in [1.807, 2.05) is 0 Å². The zero-order chi connectivity index (χ0) is 14.0. The standard InChI is InChI=1S/C10H8Cl2FN5O/c1-19-10-17-8(14)16-9(18-10)15-7-5(11)2-4(13)3-6(7)12/h2-3H,1H3,(H3,14,15,16,17,18). The van der Waals surface area contributed by atoms with Crippen LogP contribution in [0, 0.1) is 5.82 Å². The summed E-state index contributed by atoms with van der Waals surface area (Å²) in [6, 6.07) is 2.25. The van der Waals surface area contributed by atoms with Crippen molar-refractivity contribution in [3.63, 3.8) is 0 Å². The molecular formula is C10H8Cl2FN5O. The summed E-state index contributed by atoms with van der Waals surface area (Å²) >= 11 is 11.8. The van der Waals surface area contributed by atoms with Crippen LogP contribution in [0.5, 0.6) is 6.01 Å². The zero-order valence-electron chi connectivity index (χ0n) is 9.62. The van der Waals surface area contributed by atoms with Crippen LogP contribution in [-0.2, 0) is 0 Å². The number of nitrogens with zero attached hydrogens (tertiary/aromatic N) is 3. The summed E-state index contributed by atoms with van der Waals surface area (Å²) < 4.78 is 17.9. The van der Waals surface area contributed by atoms with Crippen molar-refractivity contribution in [3.8, 4) is 6.01 Å². The van der Waals surface area contributed by atoms with Gasteiger partial charge in [-0.1, -0.05) is 23.2 Å². The van der Waals surface area contributed by atoms with Gasteiger partial charge in [-0.3, -0.25) is 0 Å². The topological polar surface area (TPSA) is 86.0 Å². The first kappa shape index (κ1) is 13.6. The Bertz CT molecular complexity index is 602. The summed E-state index contributed by atoms with van der Waals surface area (Å²) in [4.78, 5) is 11.5. The first-order chi connectivity index (χ1) is 8.99. The predicted octanol–water partition coefficient (Wildman–Crippen LogP) is 2.65. The van der Waals surface area contributed by atoms with Crippen molar-refractivity contribution in [3.05, 3.63) is 28.0 Å². The molecule has 2 rings (SSSR count). The lowest BCUT2D eigenvalue weighted by Crippen LogP contribution is -2.05. The quantitative estimate of drug-likeness (QED) is 0.906. The lowest BCUT2D eigenvalue weighted by molar-refractivity contribution is 0.380. The maximum Gasteiger partial charge on any atom is 0.322 e. The lowest BCUT2D eigenvalue weighted by Gasteiger charge is -2.10. The van der Waals surface area contributed by atoms with E-state index in [0.29, 0.717) is 0 Å². The fourth-order valence-corrected chi connectivity index (χ4v) is 1.85. The smallest absolute Gasteiger partial charge is 0.322 e. The molecule has 1 aromatic carbocycles. The SMILES string of the molecule is COc1nc(N)nc(Nc2c(Cl)cc(F)cc2Cl)n1. The number of nitrogen functional groups attached to an aromatic ring is 1. The van der Waals surface area contributed by atoms with Crippen molar-refractivity contribution in [1.82, 2.24) is 15.0 Å². The lowest BCUT2D eigenvalue weighted by atomic mass is 10.3. The van der Waals surface area contributed by atoms with Crippen molar-refractivity contribution in [2.24, 2.45) is 0 Å². The van der Waals surface area contributed by atoms with E-state index >= 15 is 0 Å². The molecule has 100 valence electrons. The number of methoxy groups -OCH3 is 1. The number of hydrogen-bond donors (Lipinski definition) is 2. The van der Waals surface area contributed by atoms with Gasteiger partial charge in [0.2, 0.25) is 11.9 Å². The van der Waals surface area contributed by atoms with E-state index in [0.717, 1.165) is 12.1 Å². The fraction of sp³-hybridized carbons (Fsp3) is 0.100. The molecule has 0 fully saturated rings. The molecule has 0 radical (unpaired) electrons. The molecule has 0 aliphatic carbocycles. The van der Waals surface area contributed by atoms with Crippen molar-refractivity contribution >= 4 is 40.8 Å². The molecule has 0 saturated carbocycles. The first-order valence-electron chi connectivity index (χ1n) is 4.96. The summed E-state index contributed by atoms with van der Waals surface area (Å²) in [7, 11) is 1.39. The summed E-state index contributed by atoms with van der Waals surface area (Å²) in [6.07, 6.45) is 0. The van der Waals surface area contributed by atoms with Crippen LogP contribution in [0.25, 0.3) is 0 Å². The number of ether oxygens (including phenoxy) is 1. The van der Waals surface area contributed by atoms with Crippen LogP contribution in [0.15, 0.2) is 12.1 Å². The van der Waals surface area contributed by atoms with E-state index in [1.165, 1.54) is 7.11 Å². The Morgan fingerprint density at radius 3 is 2.42 bits per heavy atom. The summed E-state index contributed by atoms with van der Waals surface area (Å²) in [5.41, 5.74) is 5.74. The third kappa shape index (κ3) is 3.12. The third-order valence-electron chi connectivity index (χ3n) is 2.06. The predicted molar refractivity (Wildman–Crippen MR) is 70.5 cm³/mol. The molecule has 0 amide bonds. The number of aromatic nitrogens is 3. The summed E-state index contributed by atoms with van der Waals surface area (Å²) in [6.45, 7) is 0. The Morgan fingerprint density at radius 2 is 1.84 bits per heavy atom. The number of hydrogen-bond acceptors (Lipinski definition) is 6. The second-order valence-electron chi connectivity index (χ2n) is 3.37. The maximum atomic E-state index is 13.1. The highest BCUT2D eigenvalue weighted by molar-refractivity contribution is 6.39. The number of nitrogens with two attached hydrogens (primary N) is 1. The van der Waals surface area contributed by atoms with Gasteiger partial charge in [-0.15, -0.1) is 0 Å². The second-order valence-corrected chi connectivity index (χ2v) is 4.19. The van der Waals surface area contributed by atoms with Crippen LogP contribution in [-0.4, -0.2) is 22.1 Å². The molecule has 1 aromatic heterocycles. The third-order valence-corrected chi connectivity index (χ3v) is 2.65. The van der Waals surface area contributed by atoms with Gasteiger partial charge in [0, 0.05) is 0 Å². The summed E-state index contributed by atoms with van der Waals surface area (Å²) in [5, 5.41) is 2.90. The van der Waals surface area contributed by atoms with Gasteiger partial charge in [0.05, 0.1) is 22.8 Å². The van der Waals surface area contributed by atoms with E-state index in [2.05, 4.69) is 20.3 Å². The number of rotatable bonds is 3. The Labute approximate surface area is 117 Å². The molecule has 9 heteroatoms. The van der Waals surface area contributed by atoms with Crippen LogP contribution >= 0.6 is 23.2 Å². The molecule has 0 aliphatic heterocycles. The average molecular weight is 304 g/mol. The van der Waals surface area contributed by atoms with Gasteiger partial charge in [-0.05, 0) is 12.1 Å². The van der Waals surface area contributed by atoms with Crippen LogP contribution < -0.4 is 15.8 Å². The number of anilines is 3. The van der Waals surface area contributed by atoms with Gasteiger partial charge in [-0.2, -0.15) is 15.0 Å². The molecule has 0 bridgehead atoms. The molecule has 0 aliphatic rings. The highest BCUT2D eigenvalue weighted by Gasteiger charge is 2.11. The van der Waals surface area contributed by atoms with Gasteiger partial charge in [-0.25, -0.2) is 4.39 Å². The minimum absolute atomic E-state index is 0.0318. The van der Waals surface area contributed by atoms with Crippen molar-refractivity contribution in [2.45, 2.75) is 0 Å². The molecule has 1 heterocycles. The number of nitrogens with one attached hydrogen (secondary N) is 1. The van der Waals surface area contributed by atoms with Gasteiger partial charge < -0.3 is 15.8 Å². The summed E-state index contributed by atoms with van der Waals surface area (Å²) in [5.74, 6) is -0.503. The molecule has 0 saturated heterocycles. The van der Waals surface area contributed by atoms with Gasteiger partial charge in [0.1, 0.15) is 5.82 Å². The van der Waals surface area contributed by atoms with Crippen molar-refractivity contribution in [1.29, 1.82) is 0 Å². The minimum Gasteiger partial charge on any atom is -0.467 e. The monoisotopic (exact) mass is 303 g/mol. The van der Waals surface area contributed by atoms with Gasteiger partial charge in [0.25, 0.3) is 0 Å². The molecule has 19 heavy (non-hydrogen) atoms. The van der Waals surface area contributed by atoms with E-state index in [9.17, 15) is 4.39 Å². The van der Waals surface area contributed by atoms with Crippen molar-refractivity contribution < 1.29 is 9.13 Å². The molecule has 2 aromatic rings. The molecular weight excluding hydrogens is 296 g/mol. The normalized spacial score (nSPS) is 10.3. The molecule has 3 N–H and O–H groups in total. The van der Waals surface area contributed by atoms with E-state index in [1.54, 1.807) is 0 Å². The Balaban J connectivity index is 2.39. The zero-order valence-corrected chi connectivity index (χ0v) is 11.1. The Kier molecular flexibility index (Phi) is 3.87. The van der Waals surface area contributed by atoms with Crippen LogP contribution in [0.4, 0.5) is 22.0 Å². The van der Waals surface area contributed by atoms with E-state index in [4.69, 9.17) is 33.7 Å². The Morgan fingerprint density at radius 1 is 1.21 bits per heavy atom. The first-order valence-corrected chi connectivity index (χ1v) is 5.72. The minimum atomic E-state index is -0.548. The van der Waals surface area contributed by atoms with E-state index in [-0.39, 0.29) is 33.6 Å². The van der Waals surface area contributed by atoms with E-state index < -0.39 is 5.82 Å². The maximum absolute atomic E-state index is 13.1. The highest BCUT2D eigenvalue weighted by Crippen LogP contribution is 2.33. The van der Waals surface area contributed by atoms with Crippen LogP contribution in [0.2, 0.25) is 10.0 Å². The molecule has 0 atom stereocenters. The van der Waals surface area contributed by atoms with Crippen molar-refractivity contribution in [2.75, 3.05) is 18.2 Å². The van der Waals surface area contributed by atoms with Crippen LogP contribution in [0.1, 0.15) is 0 Å². The largest absolute Gasteiger partial charge is 0.467 e. The molecule has 6 nitrogen and oxygen atoms in total. The Hall–Kier alpha value is -1.86. The fourth-order valence-electron chi connectivity index (χ4n) is 1.29.